The van der Waals surface area contributed by atoms with Gasteiger partial charge in [0.15, 0.2) is 0 Å². The number of aromatic amines is 1. The quantitative estimate of drug-likeness (QED) is 0.852. The number of aromatic nitrogens is 2. The predicted octanol–water partition coefficient (Wildman–Crippen LogP) is 3.44. The van der Waals surface area contributed by atoms with Crippen LogP contribution < -0.4 is 5.32 Å². The number of fused-ring (bicyclic) bond motifs is 1. The summed E-state index contributed by atoms with van der Waals surface area (Å²) in [5.41, 5.74) is 3.08. The smallest absolute Gasteiger partial charge is 0.107 e. The molecule has 0 fully saturated rings. The van der Waals surface area contributed by atoms with Gasteiger partial charge in [0, 0.05) is 24.9 Å². The lowest BCUT2D eigenvalue weighted by Crippen LogP contribution is -2.39. The van der Waals surface area contributed by atoms with E-state index < -0.39 is 0 Å². The maximum absolute atomic E-state index is 4.42. The standard InChI is InChI=1S/C18H25N3/c1-2-10-19-17(13-18-20-11-12-21-18)16-9-5-7-14-6-3-4-8-15(14)16/h3-4,6,8,11-12,16-17,19H,2,5,7,9-10,13H2,1H3,(H,20,21). The van der Waals surface area contributed by atoms with Gasteiger partial charge >= 0.3 is 0 Å². The van der Waals surface area contributed by atoms with Crippen LogP contribution in [-0.4, -0.2) is 22.6 Å². The average Bonchev–Trinajstić information content (AvgIpc) is 3.04. The molecule has 0 saturated heterocycles. The Bertz CT molecular complexity index is 547. The van der Waals surface area contributed by atoms with E-state index in [1.165, 1.54) is 31.2 Å². The first-order valence-electron chi connectivity index (χ1n) is 8.18. The van der Waals surface area contributed by atoms with Gasteiger partial charge in [-0.3, -0.25) is 0 Å². The van der Waals surface area contributed by atoms with Gasteiger partial charge in [0.25, 0.3) is 0 Å². The van der Waals surface area contributed by atoms with Crippen molar-refractivity contribution in [1.29, 1.82) is 0 Å². The van der Waals surface area contributed by atoms with E-state index in [0.29, 0.717) is 12.0 Å². The van der Waals surface area contributed by atoms with Crippen LogP contribution in [0.2, 0.25) is 0 Å². The normalized spacial score (nSPS) is 19.2. The van der Waals surface area contributed by atoms with E-state index in [4.69, 9.17) is 0 Å². The van der Waals surface area contributed by atoms with Crippen molar-refractivity contribution in [3.63, 3.8) is 0 Å². The van der Waals surface area contributed by atoms with E-state index in [1.54, 1.807) is 5.56 Å². The van der Waals surface area contributed by atoms with Gasteiger partial charge in [0.05, 0.1) is 0 Å². The monoisotopic (exact) mass is 283 g/mol. The second-order valence-corrected chi connectivity index (χ2v) is 6.00. The minimum absolute atomic E-state index is 0.470. The molecule has 0 amide bonds. The highest BCUT2D eigenvalue weighted by atomic mass is 14.9. The molecule has 0 aliphatic heterocycles. The van der Waals surface area contributed by atoms with Crippen molar-refractivity contribution < 1.29 is 0 Å². The summed E-state index contributed by atoms with van der Waals surface area (Å²) in [4.78, 5) is 7.68. The molecule has 3 heteroatoms. The van der Waals surface area contributed by atoms with E-state index in [1.807, 2.05) is 12.4 Å². The fourth-order valence-electron chi connectivity index (χ4n) is 3.51. The number of rotatable bonds is 6. The molecule has 1 aliphatic carbocycles. The van der Waals surface area contributed by atoms with Crippen LogP contribution in [0.15, 0.2) is 36.7 Å². The molecule has 21 heavy (non-hydrogen) atoms. The number of nitrogens with one attached hydrogen (secondary N) is 2. The molecule has 3 rings (SSSR count). The number of hydrogen-bond donors (Lipinski definition) is 2. The second-order valence-electron chi connectivity index (χ2n) is 6.00. The van der Waals surface area contributed by atoms with Gasteiger partial charge in [-0.2, -0.15) is 0 Å². The van der Waals surface area contributed by atoms with Gasteiger partial charge in [0.1, 0.15) is 5.82 Å². The lowest BCUT2D eigenvalue weighted by atomic mass is 9.77. The number of aryl methyl sites for hydroxylation is 1. The molecule has 1 aliphatic rings. The van der Waals surface area contributed by atoms with Crippen LogP contribution in [0.3, 0.4) is 0 Å². The summed E-state index contributed by atoms with van der Waals surface area (Å²) in [6.07, 6.45) is 9.72. The zero-order valence-electron chi connectivity index (χ0n) is 12.8. The SMILES string of the molecule is CCCNC(Cc1ncc[nH]1)C1CCCc2ccccc21. The molecule has 1 aromatic carbocycles. The van der Waals surface area contributed by atoms with Crippen molar-refractivity contribution >= 4 is 0 Å². The number of benzene rings is 1. The maximum atomic E-state index is 4.42. The Hall–Kier alpha value is -1.61. The average molecular weight is 283 g/mol. The molecular formula is C18H25N3. The highest BCUT2D eigenvalue weighted by molar-refractivity contribution is 5.34. The first-order valence-corrected chi connectivity index (χ1v) is 8.18. The summed E-state index contributed by atoms with van der Waals surface area (Å²) in [7, 11) is 0. The van der Waals surface area contributed by atoms with Crippen LogP contribution in [0.1, 0.15) is 49.1 Å². The number of hydrogen-bond acceptors (Lipinski definition) is 2. The summed E-state index contributed by atoms with van der Waals surface area (Å²) in [5, 5.41) is 3.76. The predicted molar refractivity (Wildman–Crippen MR) is 86.5 cm³/mol. The van der Waals surface area contributed by atoms with E-state index in [9.17, 15) is 0 Å². The van der Waals surface area contributed by atoms with Gasteiger partial charge < -0.3 is 10.3 Å². The van der Waals surface area contributed by atoms with Crippen LogP contribution >= 0.6 is 0 Å². The Kier molecular flexibility index (Phi) is 4.71. The van der Waals surface area contributed by atoms with Gasteiger partial charge in [-0.25, -0.2) is 4.98 Å². The third kappa shape index (κ3) is 3.35. The molecule has 2 unspecified atom stereocenters. The van der Waals surface area contributed by atoms with E-state index in [0.717, 1.165) is 18.8 Å². The fraction of sp³-hybridized carbons (Fsp3) is 0.500. The molecule has 1 aromatic heterocycles. The molecule has 0 bridgehead atoms. The Labute approximate surface area is 127 Å². The third-order valence-corrected chi connectivity index (χ3v) is 4.53. The lowest BCUT2D eigenvalue weighted by Gasteiger charge is -2.33. The largest absolute Gasteiger partial charge is 0.349 e. The van der Waals surface area contributed by atoms with Gasteiger partial charge in [-0.05, 0) is 49.3 Å². The molecular weight excluding hydrogens is 258 g/mol. The van der Waals surface area contributed by atoms with Crippen molar-refractivity contribution in [3.8, 4) is 0 Å². The summed E-state index contributed by atoms with van der Waals surface area (Å²) in [6, 6.07) is 9.44. The third-order valence-electron chi connectivity index (χ3n) is 4.53. The molecule has 0 saturated carbocycles. The van der Waals surface area contributed by atoms with Crippen molar-refractivity contribution in [2.24, 2.45) is 0 Å². The van der Waals surface area contributed by atoms with Crippen LogP contribution in [0.5, 0.6) is 0 Å². The fourth-order valence-corrected chi connectivity index (χ4v) is 3.51. The van der Waals surface area contributed by atoms with Crippen molar-refractivity contribution in [3.05, 3.63) is 53.6 Å². The second kappa shape index (κ2) is 6.90. The van der Waals surface area contributed by atoms with Crippen LogP contribution in [0.25, 0.3) is 0 Å². The molecule has 3 nitrogen and oxygen atoms in total. The number of imidazole rings is 1. The van der Waals surface area contributed by atoms with Crippen LogP contribution in [-0.2, 0) is 12.8 Å². The lowest BCUT2D eigenvalue weighted by molar-refractivity contribution is 0.385. The van der Waals surface area contributed by atoms with Crippen molar-refractivity contribution in [1.82, 2.24) is 15.3 Å². The van der Waals surface area contributed by atoms with Crippen molar-refractivity contribution in [2.75, 3.05) is 6.54 Å². The highest BCUT2D eigenvalue weighted by Crippen LogP contribution is 2.34. The highest BCUT2D eigenvalue weighted by Gasteiger charge is 2.27. The molecule has 0 radical (unpaired) electrons. The van der Waals surface area contributed by atoms with Crippen molar-refractivity contribution in [2.45, 2.75) is 51.0 Å². The summed E-state index contributed by atoms with van der Waals surface area (Å²) < 4.78 is 0. The molecule has 2 N–H and O–H groups in total. The molecule has 112 valence electrons. The Morgan fingerprint density at radius 3 is 3.10 bits per heavy atom. The van der Waals surface area contributed by atoms with Gasteiger partial charge in [0.2, 0.25) is 0 Å². The van der Waals surface area contributed by atoms with E-state index in [2.05, 4.69) is 46.5 Å². The van der Waals surface area contributed by atoms with Crippen LogP contribution in [0, 0.1) is 0 Å². The minimum Gasteiger partial charge on any atom is -0.349 e. The topological polar surface area (TPSA) is 40.7 Å². The number of H-pyrrole nitrogens is 1. The summed E-state index contributed by atoms with van der Waals surface area (Å²) >= 11 is 0. The summed E-state index contributed by atoms with van der Waals surface area (Å²) in [6.45, 7) is 3.30. The first-order chi connectivity index (χ1) is 10.4. The van der Waals surface area contributed by atoms with E-state index in [-0.39, 0.29) is 0 Å². The Morgan fingerprint density at radius 1 is 1.38 bits per heavy atom. The minimum atomic E-state index is 0.470. The number of nitrogens with zero attached hydrogens (tertiary/aromatic N) is 1. The first kappa shape index (κ1) is 14.3. The Balaban J connectivity index is 1.82. The van der Waals surface area contributed by atoms with Gasteiger partial charge in [-0.15, -0.1) is 0 Å². The zero-order valence-corrected chi connectivity index (χ0v) is 12.8. The van der Waals surface area contributed by atoms with Gasteiger partial charge in [-0.1, -0.05) is 31.2 Å². The Morgan fingerprint density at radius 2 is 2.29 bits per heavy atom. The molecule has 2 aromatic rings. The molecule has 0 spiro atoms. The molecule has 2 atom stereocenters. The van der Waals surface area contributed by atoms with Crippen LogP contribution in [0.4, 0.5) is 0 Å². The zero-order chi connectivity index (χ0) is 14.5. The van der Waals surface area contributed by atoms with E-state index >= 15 is 0 Å². The summed E-state index contributed by atoms with van der Waals surface area (Å²) in [5.74, 6) is 1.69. The maximum Gasteiger partial charge on any atom is 0.107 e. The molecule has 1 heterocycles.